The standard InChI is InChI=1S/C11H10N6/c1-2-4-9(5-3-1)8-12-10-6-7-11-13-15-16-17(11)14-10/h1-7H,8H2,(H,12,14). The van der Waals surface area contributed by atoms with Crippen molar-refractivity contribution in [2.75, 3.05) is 5.32 Å². The second-order valence-corrected chi connectivity index (χ2v) is 3.58. The normalized spacial score (nSPS) is 10.6. The van der Waals surface area contributed by atoms with Crippen molar-refractivity contribution in [2.24, 2.45) is 0 Å². The molecule has 1 N–H and O–H groups in total. The van der Waals surface area contributed by atoms with Crippen LogP contribution in [0, 0.1) is 0 Å². The average molecular weight is 226 g/mol. The van der Waals surface area contributed by atoms with E-state index in [1.54, 1.807) is 0 Å². The van der Waals surface area contributed by atoms with E-state index < -0.39 is 0 Å². The van der Waals surface area contributed by atoms with E-state index in [1.165, 1.54) is 10.2 Å². The largest absolute Gasteiger partial charge is 0.365 e. The van der Waals surface area contributed by atoms with Crippen LogP contribution in [0.15, 0.2) is 42.5 Å². The van der Waals surface area contributed by atoms with E-state index in [4.69, 9.17) is 0 Å². The van der Waals surface area contributed by atoms with Crippen molar-refractivity contribution < 1.29 is 0 Å². The lowest BCUT2D eigenvalue weighted by Gasteiger charge is -2.04. The Balaban J connectivity index is 1.76. The molecule has 6 nitrogen and oxygen atoms in total. The maximum absolute atomic E-state index is 4.22. The zero-order valence-electron chi connectivity index (χ0n) is 8.98. The molecule has 0 saturated carbocycles. The Kier molecular flexibility index (Phi) is 2.38. The molecule has 1 aromatic carbocycles. The lowest BCUT2D eigenvalue weighted by atomic mass is 10.2. The fourth-order valence-electron chi connectivity index (χ4n) is 1.53. The summed E-state index contributed by atoms with van der Waals surface area (Å²) in [6.07, 6.45) is 0. The third-order valence-electron chi connectivity index (χ3n) is 2.39. The van der Waals surface area contributed by atoms with Gasteiger partial charge in [0.05, 0.1) is 0 Å². The summed E-state index contributed by atoms with van der Waals surface area (Å²) in [5, 5.41) is 18.5. The summed E-state index contributed by atoms with van der Waals surface area (Å²) in [5.41, 5.74) is 1.83. The number of benzene rings is 1. The second-order valence-electron chi connectivity index (χ2n) is 3.58. The third kappa shape index (κ3) is 2.05. The molecule has 84 valence electrons. The van der Waals surface area contributed by atoms with Gasteiger partial charge >= 0.3 is 0 Å². The fraction of sp³-hybridized carbons (Fsp3) is 0.0909. The third-order valence-corrected chi connectivity index (χ3v) is 2.39. The van der Waals surface area contributed by atoms with Gasteiger partial charge in [-0.25, -0.2) is 0 Å². The highest BCUT2D eigenvalue weighted by Gasteiger charge is 1.99. The van der Waals surface area contributed by atoms with Crippen molar-refractivity contribution >= 4 is 11.5 Å². The minimum Gasteiger partial charge on any atom is -0.365 e. The lowest BCUT2D eigenvalue weighted by molar-refractivity contribution is 0.734. The quantitative estimate of drug-likeness (QED) is 0.725. The summed E-state index contributed by atoms with van der Waals surface area (Å²) >= 11 is 0. The van der Waals surface area contributed by atoms with Crippen molar-refractivity contribution in [1.29, 1.82) is 0 Å². The maximum atomic E-state index is 4.22. The minimum atomic E-state index is 0.635. The molecule has 0 bridgehead atoms. The Bertz CT molecular complexity index is 618. The minimum absolute atomic E-state index is 0.635. The molecule has 0 unspecified atom stereocenters. The molecule has 0 aliphatic heterocycles. The van der Waals surface area contributed by atoms with Gasteiger partial charge in [-0.1, -0.05) is 30.3 Å². The van der Waals surface area contributed by atoms with Crippen molar-refractivity contribution in [1.82, 2.24) is 25.3 Å². The van der Waals surface area contributed by atoms with Crippen LogP contribution in [0.1, 0.15) is 5.56 Å². The van der Waals surface area contributed by atoms with Gasteiger partial charge < -0.3 is 5.32 Å². The summed E-state index contributed by atoms with van der Waals surface area (Å²) < 4.78 is 1.40. The summed E-state index contributed by atoms with van der Waals surface area (Å²) in [6.45, 7) is 0.724. The molecule has 0 fully saturated rings. The molecule has 0 aliphatic carbocycles. The van der Waals surface area contributed by atoms with Crippen LogP contribution >= 0.6 is 0 Å². The smallest absolute Gasteiger partial charge is 0.200 e. The summed E-state index contributed by atoms with van der Waals surface area (Å²) in [7, 11) is 0. The predicted molar refractivity (Wildman–Crippen MR) is 62.3 cm³/mol. The van der Waals surface area contributed by atoms with Crippen molar-refractivity contribution in [3.63, 3.8) is 0 Å². The number of nitrogens with zero attached hydrogens (tertiary/aromatic N) is 5. The van der Waals surface area contributed by atoms with E-state index in [9.17, 15) is 0 Å². The zero-order valence-corrected chi connectivity index (χ0v) is 8.98. The molecule has 3 aromatic rings. The Morgan fingerprint density at radius 3 is 2.82 bits per heavy atom. The highest BCUT2D eigenvalue weighted by atomic mass is 15.6. The van der Waals surface area contributed by atoms with Gasteiger partial charge in [-0.05, 0) is 28.1 Å². The number of nitrogens with one attached hydrogen (secondary N) is 1. The number of fused-ring (bicyclic) bond motifs is 1. The molecular formula is C11H10N6. The van der Waals surface area contributed by atoms with Crippen LogP contribution in [0.4, 0.5) is 5.82 Å². The molecular weight excluding hydrogens is 216 g/mol. The SMILES string of the molecule is c1ccc(CNc2ccc3nnnn3n2)cc1. The summed E-state index contributed by atoms with van der Waals surface area (Å²) in [6, 6.07) is 13.8. The van der Waals surface area contributed by atoms with E-state index in [0.29, 0.717) is 5.65 Å². The van der Waals surface area contributed by atoms with Crippen LogP contribution in [0.3, 0.4) is 0 Å². The topological polar surface area (TPSA) is 68.0 Å². The van der Waals surface area contributed by atoms with E-state index >= 15 is 0 Å². The van der Waals surface area contributed by atoms with E-state index in [2.05, 4.69) is 38.1 Å². The first-order chi connectivity index (χ1) is 8.42. The van der Waals surface area contributed by atoms with E-state index in [1.807, 2.05) is 30.3 Å². The number of hydrogen-bond donors (Lipinski definition) is 1. The molecule has 17 heavy (non-hydrogen) atoms. The Hall–Kier alpha value is -2.50. The lowest BCUT2D eigenvalue weighted by Crippen LogP contribution is -2.04. The fourth-order valence-corrected chi connectivity index (χ4v) is 1.53. The maximum Gasteiger partial charge on any atom is 0.200 e. The second kappa shape index (κ2) is 4.17. The summed E-state index contributed by atoms with van der Waals surface area (Å²) in [5.74, 6) is 0.744. The number of tetrazole rings is 1. The first-order valence-electron chi connectivity index (χ1n) is 5.25. The first kappa shape index (κ1) is 9.71. The van der Waals surface area contributed by atoms with Crippen molar-refractivity contribution in [3.05, 3.63) is 48.0 Å². The Morgan fingerprint density at radius 1 is 1.06 bits per heavy atom. The van der Waals surface area contributed by atoms with Crippen LogP contribution in [0.25, 0.3) is 5.65 Å². The van der Waals surface area contributed by atoms with E-state index in [0.717, 1.165) is 12.4 Å². The van der Waals surface area contributed by atoms with Gasteiger partial charge in [0.15, 0.2) is 5.65 Å². The molecule has 0 atom stereocenters. The molecule has 0 radical (unpaired) electrons. The Morgan fingerprint density at radius 2 is 1.94 bits per heavy atom. The van der Waals surface area contributed by atoms with Gasteiger partial charge in [0.25, 0.3) is 0 Å². The molecule has 0 amide bonds. The summed E-state index contributed by atoms with van der Waals surface area (Å²) in [4.78, 5) is 0. The van der Waals surface area contributed by atoms with Gasteiger partial charge in [-0.3, -0.25) is 0 Å². The van der Waals surface area contributed by atoms with Crippen molar-refractivity contribution in [2.45, 2.75) is 6.54 Å². The van der Waals surface area contributed by atoms with Crippen LogP contribution in [-0.2, 0) is 6.54 Å². The highest BCUT2D eigenvalue weighted by molar-refractivity contribution is 5.42. The average Bonchev–Trinajstić information content (AvgIpc) is 2.85. The molecule has 2 heterocycles. The van der Waals surface area contributed by atoms with Crippen LogP contribution in [0.5, 0.6) is 0 Å². The Labute approximate surface area is 97.3 Å². The molecule has 0 saturated heterocycles. The van der Waals surface area contributed by atoms with E-state index in [-0.39, 0.29) is 0 Å². The van der Waals surface area contributed by atoms with Crippen LogP contribution < -0.4 is 5.32 Å². The monoisotopic (exact) mass is 226 g/mol. The zero-order chi connectivity index (χ0) is 11.5. The highest BCUT2D eigenvalue weighted by Crippen LogP contribution is 2.06. The van der Waals surface area contributed by atoms with Gasteiger partial charge in [0, 0.05) is 6.54 Å². The first-order valence-corrected chi connectivity index (χ1v) is 5.25. The van der Waals surface area contributed by atoms with Gasteiger partial charge in [-0.15, -0.1) is 14.8 Å². The molecule has 2 aromatic heterocycles. The number of anilines is 1. The van der Waals surface area contributed by atoms with Gasteiger partial charge in [-0.2, -0.15) is 0 Å². The van der Waals surface area contributed by atoms with Crippen LogP contribution in [-0.4, -0.2) is 25.3 Å². The molecule has 6 heteroatoms. The van der Waals surface area contributed by atoms with Crippen LogP contribution in [0.2, 0.25) is 0 Å². The number of aromatic nitrogens is 5. The molecule has 3 rings (SSSR count). The number of rotatable bonds is 3. The molecule has 0 aliphatic rings. The van der Waals surface area contributed by atoms with Gasteiger partial charge in [0.2, 0.25) is 0 Å². The van der Waals surface area contributed by atoms with Gasteiger partial charge in [0.1, 0.15) is 5.82 Å². The molecule has 0 spiro atoms. The van der Waals surface area contributed by atoms with Crippen molar-refractivity contribution in [3.8, 4) is 0 Å². The number of hydrogen-bond acceptors (Lipinski definition) is 5. The predicted octanol–water partition coefficient (Wildman–Crippen LogP) is 1.13.